The minimum Gasteiger partial charge on any atom is -0.458 e. The molecule has 0 aromatic rings. The van der Waals surface area contributed by atoms with E-state index in [1.165, 1.54) is 0 Å². The number of hydrogen-bond acceptors (Lipinski definition) is 7. The topological polar surface area (TPSA) is 146 Å². The lowest BCUT2D eigenvalue weighted by molar-refractivity contribution is -0.159. The van der Waals surface area contributed by atoms with Gasteiger partial charge in [-0.25, -0.2) is 9.59 Å². The van der Waals surface area contributed by atoms with E-state index in [9.17, 15) is 14.4 Å². The second-order valence-corrected chi connectivity index (χ2v) is 9.36. The molecule has 0 aromatic carbocycles. The number of rotatable bonds is 12. The van der Waals surface area contributed by atoms with E-state index < -0.39 is 41.3 Å². The molecule has 0 aliphatic carbocycles. The number of unbranched alkanes of at least 4 members (excludes halogenated alkanes) is 2. The Morgan fingerprint density at radius 3 is 1.63 bits per heavy atom. The fourth-order valence-corrected chi connectivity index (χ4v) is 2.60. The van der Waals surface area contributed by atoms with Crippen molar-refractivity contribution in [3.05, 3.63) is 0 Å². The van der Waals surface area contributed by atoms with E-state index in [4.69, 9.17) is 20.9 Å². The first kappa shape index (κ1) is 28.1. The summed E-state index contributed by atoms with van der Waals surface area (Å²) in [6.45, 7) is 11.5. The van der Waals surface area contributed by atoms with Gasteiger partial charge in [0.1, 0.15) is 23.3 Å². The summed E-state index contributed by atoms with van der Waals surface area (Å²) >= 11 is 0. The minimum atomic E-state index is -0.842. The van der Waals surface area contributed by atoms with Crippen molar-refractivity contribution in [1.29, 1.82) is 0 Å². The number of esters is 1. The summed E-state index contributed by atoms with van der Waals surface area (Å²) in [5.74, 6) is -0.965. The lowest BCUT2D eigenvalue weighted by Gasteiger charge is -2.27. The molecule has 6 N–H and O–H groups in total. The van der Waals surface area contributed by atoms with Crippen LogP contribution in [0.3, 0.4) is 0 Å². The number of nitrogens with one attached hydrogen (secondary N) is 2. The molecule has 0 radical (unpaired) electrons. The van der Waals surface area contributed by atoms with Crippen LogP contribution >= 0.6 is 0 Å². The summed E-state index contributed by atoms with van der Waals surface area (Å²) in [4.78, 5) is 37.7. The molecule has 0 bridgehead atoms. The second-order valence-electron chi connectivity index (χ2n) is 9.36. The highest BCUT2D eigenvalue weighted by atomic mass is 16.6. The first-order chi connectivity index (χ1) is 13.8. The van der Waals surface area contributed by atoms with E-state index in [1.54, 1.807) is 41.5 Å². The predicted octanol–water partition coefficient (Wildman–Crippen LogP) is 1.96. The number of carbonyl (C=O) groups is 3. The zero-order valence-electron chi connectivity index (χ0n) is 19.5. The molecule has 0 spiro atoms. The Morgan fingerprint density at radius 2 is 1.20 bits per heavy atom. The summed E-state index contributed by atoms with van der Waals surface area (Å²) < 4.78 is 10.7. The quantitative estimate of drug-likeness (QED) is 0.273. The van der Waals surface area contributed by atoms with Gasteiger partial charge in [-0.1, -0.05) is 0 Å². The average Bonchev–Trinajstić information content (AvgIpc) is 2.57. The second kappa shape index (κ2) is 13.4. The van der Waals surface area contributed by atoms with Crippen molar-refractivity contribution in [3.63, 3.8) is 0 Å². The normalized spacial score (nSPS) is 13.9. The molecule has 2 amide bonds. The Labute approximate surface area is 181 Å². The molecule has 30 heavy (non-hydrogen) atoms. The third kappa shape index (κ3) is 14.2. The number of ether oxygens (including phenoxy) is 2. The lowest BCUT2D eigenvalue weighted by atomic mass is 10.1. The van der Waals surface area contributed by atoms with Crippen LogP contribution in [0.2, 0.25) is 0 Å². The van der Waals surface area contributed by atoms with Crippen molar-refractivity contribution in [2.75, 3.05) is 13.1 Å². The summed E-state index contributed by atoms with van der Waals surface area (Å²) in [6.07, 6.45) is 2.85. The molecule has 0 unspecified atom stereocenters. The summed E-state index contributed by atoms with van der Waals surface area (Å²) in [7, 11) is 0. The van der Waals surface area contributed by atoms with Crippen molar-refractivity contribution in [2.24, 2.45) is 11.5 Å². The molecule has 0 saturated heterocycles. The number of nitrogens with two attached hydrogens (primary N) is 2. The van der Waals surface area contributed by atoms with Gasteiger partial charge in [-0.3, -0.25) is 4.79 Å². The summed E-state index contributed by atoms with van der Waals surface area (Å²) in [6, 6.07) is -1.66. The molecule has 0 aromatic heterocycles. The maximum Gasteiger partial charge on any atom is 0.408 e. The minimum absolute atomic E-state index is 0.381. The summed E-state index contributed by atoms with van der Waals surface area (Å²) in [5.41, 5.74) is 9.71. The zero-order chi connectivity index (χ0) is 23.4. The van der Waals surface area contributed by atoms with E-state index >= 15 is 0 Å². The Kier molecular flexibility index (Phi) is 12.6. The third-order valence-electron chi connectivity index (χ3n) is 3.91. The highest BCUT2D eigenvalue weighted by Gasteiger charge is 2.30. The van der Waals surface area contributed by atoms with Gasteiger partial charge in [0.25, 0.3) is 0 Å². The third-order valence-corrected chi connectivity index (χ3v) is 3.91. The first-order valence-corrected chi connectivity index (χ1v) is 10.7. The van der Waals surface area contributed by atoms with Gasteiger partial charge in [-0.05, 0) is 93.2 Å². The summed E-state index contributed by atoms with van der Waals surface area (Å²) in [5, 5.41) is 5.34. The molecule has 0 fully saturated rings. The van der Waals surface area contributed by atoms with Gasteiger partial charge in [0.15, 0.2) is 0 Å². The SMILES string of the molecule is CC(C)(C)OC(=O)N[C@@H](CCCCN)C(=O)N[C@@H](CCCCN)C(=O)OC(C)(C)C. The van der Waals surface area contributed by atoms with E-state index in [1.807, 2.05) is 0 Å². The maximum atomic E-state index is 12.9. The van der Waals surface area contributed by atoms with Crippen LogP contribution in [0.25, 0.3) is 0 Å². The molecule has 9 heteroatoms. The molecule has 0 saturated carbocycles. The molecule has 9 nitrogen and oxygen atoms in total. The van der Waals surface area contributed by atoms with Gasteiger partial charge < -0.3 is 31.6 Å². The van der Waals surface area contributed by atoms with Crippen LogP contribution in [0.15, 0.2) is 0 Å². The average molecular weight is 431 g/mol. The molecule has 0 heterocycles. The largest absolute Gasteiger partial charge is 0.458 e. The Balaban J connectivity index is 5.25. The van der Waals surface area contributed by atoms with E-state index in [2.05, 4.69) is 10.6 Å². The van der Waals surface area contributed by atoms with Crippen LogP contribution in [0, 0.1) is 0 Å². The van der Waals surface area contributed by atoms with E-state index in [-0.39, 0.29) is 0 Å². The van der Waals surface area contributed by atoms with Crippen molar-refractivity contribution >= 4 is 18.0 Å². The van der Waals surface area contributed by atoms with Crippen LogP contribution < -0.4 is 22.1 Å². The fraction of sp³-hybridized carbons (Fsp3) is 0.857. The van der Waals surface area contributed by atoms with Gasteiger partial charge in [0.2, 0.25) is 5.91 Å². The van der Waals surface area contributed by atoms with Gasteiger partial charge in [-0.15, -0.1) is 0 Å². The van der Waals surface area contributed by atoms with Gasteiger partial charge in [0, 0.05) is 0 Å². The van der Waals surface area contributed by atoms with Crippen LogP contribution in [0.1, 0.15) is 80.1 Å². The first-order valence-electron chi connectivity index (χ1n) is 10.7. The fourth-order valence-electron chi connectivity index (χ4n) is 2.60. The molecule has 176 valence electrons. The Hall–Kier alpha value is -1.87. The zero-order valence-corrected chi connectivity index (χ0v) is 19.5. The van der Waals surface area contributed by atoms with Gasteiger partial charge in [0.05, 0.1) is 0 Å². The smallest absolute Gasteiger partial charge is 0.408 e. The van der Waals surface area contributed by atoms with Crippen molar-refractivity contribution in [1.82, 2.24) is 10.6 Å². The van der Waals surface area contributed by atoms with Gasteiger partial charge in [-0.2, -0.15) is 0 Å². The van der Waals surface area contributed by atoms with Crippen LogP contribution in [0.4, 0.5) is 4.79 Å². The number of amides is 2. The van der Waals surface area contributed by atoms with Crippen LogP contribution in [-0.4, -0.2) is 54.3 Å². The standard InChI is InChI=1S/C21H42N4O5/c1-20(2,3)29-18(27)16(12-8-10-14-23)24-17(26)15(11-7-9-13-22)25-19(28)30-21(4,5)6/h15-16H,7-14,22-23H2,1-6H3,(H,24,26)(H,25,28)/t15-,16-/m0/s1. The molecule has 2 atom stereocenters. The Morgan fingerprint density at radius 1 is 0.733 bits per heavy atom. The highest BCUT2D eigenvalue weighted by molar-refractivity contribution is 5.89. The predicted molar refractivity (Wildman–Crippen MR) is 117 cm³/mol. The van der Waals surface area contributed by atoms with Crippen molar-refractivity contribution < 1.29 is 23.9 Å². The van der Waals surface area contributed by atoms with Crippen LogP contribution in [0.5, 0.6) is 0 Å². The Bertz CT molecular complexity index is 540. The molecular formula is C21H42N4O5. The van der Waals surface area contributed by atoms with Crippen molar-refractivity contribution in [3.8, 4) is 0 Å². The number of alkyl carbamates (subject to hydrolysis) is 1. The lowest BCUT2D eigenvalue weighted by Crippen LogP contribution is -2.53. The monoisotopic (exact) mass is 430 g/mol. The maximum absolute atomic E-state index is 12.9. The number of carbonyl (C=O) groups excluding carboxylic acids is 3. The highest BCUT2D eigenvalue weighted by Crippen LogP contribution is 2.13. The van der Waals surface area contributed by atoms with E-state index in [0.717, 1.165) is 6.42 Å². The molecule has 0 aliphatic heterocycles. The van der Waals surface area contributed by atoms with Crippen molar-refractivity contribution in [2.45, 2.75) is 103 Å². The van der Waals surface area contributed by atoms with E-state index in [0.29, 0.717) is 45.2 Å². The molecule has 0 rings (SSSR count). The van der Waals surface area contributed by atoms with Crippen LogP contribution in [-0.2, 0) is 19.1 Å². The molecule has 0 aliphatic rings. The molecular weight excluding hydrogens is 388 g/mol. The van der Waals surface area contributed by atoms with Gasteiger partial charge >= 0.3 is 12.1 Å². The number of hydrogen-bond donors (Lipinski definition) is 4.